The van der Waals surface area contributed by atoms with Crippen molar-refractivity contribution in [2.24, 2.45) is 5.92 Å². The van der Waals surface area contributed by atoms with Crippen LogP contribution in [0.25, 0.3) is 0 Å². The number of thioether (sulfide) groups is 1. The first-order valence-corrected chi connectivity index (χ1v) is 9.05. The van der Waals surface area contributed by atoms with Gasteiger partial charge in [0.15, 0.2) is 0 Å². The highest BCUT2D eigenvalue weighted by Gasteiger charge is 2.14. The minimum absolute atomic E-state index is 0.626. The van der Waals surface area contributed by atoms with Gasteiger partial charge in [0, 0.05) is 16.7 Å². The molecular formula is C18H31NS. The van der Waals surface area contributed by atoms with Gasteiger partial charge in [0.25, 0.3) is 0 Å². The lowest BCUT2D eigenvalue weighted by Crippen LogP contribution is -2.30. The molecule has 0 radical (unpaired) electrons. The maximum absolute atomic E-state index is 3.51. The first-order chi connectivity index (χ1) is 9.71. The zero-order valence-electron chi connectivity index (χ0n) is 13.6. The number of unbranched alkanes of at least 4 members (excludes halogenated alkanes) is 1. The van der Waals surface area contributed by atoms with Crippen molar-refractivity contribution < 1.29 is 0 Å². The monoisotopic (exact) mass is 293 g/mol. The van der Waals surface area contributed by atoms with Crippen LogP contribution in [0.3, 0.4) is 0 Å². The third-order valence-corrected chi connectivity index (χ3v) is 5.44. The van der Waals surface area contributed by atoms with Crippen molar-refractivity contribution in [3.8, 4) is 0 Å². The number of hydrogen-bond acceptors (Lipinski definition) is 2. The Morgan fingerprint density at radius 2 is 1.95 bits per heavy atom. The van der Waals surface area contributed by atoms with Crippen LogP contribution < -0.4 is 5.32 Å². The van der Waals surface area contributed by atoms with Gasteiger partial charge in [-0.25, -0.2) is 0 Å². The summed E-state index contributed by atoms with van der Waals surface area (Å²) in [6.07, 6.45) is 6.71. The predicted octanol–water partition coefficient (Wildman–Crippen LogP) is 5.28. The van der Waals surface area contributed by atoms with E-state index < -0.39 is 0 Å². The highest BCUT2D eigenvalue weighted by Crippen LogP contribution is 2.25. The number of benzene rings is 1. The van der Waals surface area contributed by atoms with E-state index in [1.807, 2.05) is 11.8 Å². The maximum atomic E-state index is 3.51. The summed E-state index contributed by atoms with van der Waals surface area (Å²) >= 11 is 1.99. The summed E-state index contributed by atoms with van der Waals surface area (Å²) in [5.74, 6) is 2.05. The van der Waals surface area contributed by atoms with E-state index >= 15 is 0 Å². The quantitative estimate of drug-likeness (QED) is 0.589. The zero-order valence-corrected chi connectivity index (χ0v) is 14.4. The molecule has 2 heteroatoms. The van der Waals surface area contributed by atoms with Crippen LogP contribution in [0.1, 0.15) is 51.5 Å². The second-order valence-corrected chi connectivity index (χ2v) is 6.78. The van der Waals surface area contributed by atoms with Gasteiger partial charge in [-0.15, -0.1) is 11.8 Å². The van der Waals surface area contributed by atoms with Crippen LogP contribution in [0, 0.1) is 12.8 Å². The summed E-state index contributed by atoms with van der Waals surface area (Å²) in [7, 11) is 2.11. The lowest BCUT2D eigenvalue weighted by Gasteiger charge is -2.22. The number of aryl methyl sites for hydroxylation is 1. The van der Waals surface area contributed by atoms with Gasteiger partial charge in [0.1, 0.15) is 0 Å². The molecule has 20 heavy (non-hydrogen) atoms. The Kier molecular flexibility index (Phi) is 9.04. The summed E-state index contributed by atoms with van der Waals surface area (Å²) < 4.78 is 0. The topological polar surface area (TPSA) is 12.0 Å². The van der Waals surface area contributed by atoms with Crippen LogP contribution in [0.15, 0.2) is 29.2 Å². The smallest absolute Gasteiger partial charge is 0.0161 e. The molecule has 0 aliphatic heterocycles. The summed E-state index contributed by atoms with van der Waals surface area (Å²) in [5.41, 5.74) is 1.39. The molecular weight excluding hydrogens is 262 g/mol. The van der Waals surface area contributed by atoms with E-state index in [9.17, 15) is 0 Å². The zero-order chi connectivity index (χ0) is 14.8. The minimum atomic E-state index is 0.626. The van der Waals surface area contributed by atoms with Crippen LogP contribution in [-0.4, -0.2) is 18.8 Å². The predicted molar refractivity (Wildman–Crippen MR) is 92.7 cm³/mol. The van der Waals surface area contributed by atoms with Crippen LogP contribution in [0.4, 0.5) is 0 Å². The Bertz CT molecular complexity index is 364. The molecule has 0 spiro atoms. The van der Waals surface area contributed by atoms with Crippen molar-refractivity contribution in [2.45, 2.75) is 63.8 Å². The van der Waals surface area contributed by atoms with E-state index in [4.69, 9.17) is 0 Å². The van der Waals surface area contributed by atoms with Gasteiger partial charge in [0.05, 0.1) is 0 Å². The van der Waals surface area contributed by atoms with Crippen LogP contribution in [0.5, 0.6) is 0 Å². The van der Waals surface area contributed by atoms with Gasteiger partial charge < -0.3 is 5.32 Å². The highest BCUT2D eigenvalue weighted by molar-refractivity contribution is 7.99. The normalized spacial score (nSPS) is 14.2. The maximum Gasteiger partial charge on any atom is 0.0161 e. The Hall–Kier alpha value is -0.470. The average molecular weight is 294 g/mol. The molecule has 1 nitrogen and oxygen atoms in total. The molecule has 0 aliphatic carbocycles. The average Bonchev–Trinajstić information content (AvgIpc) is 2.48. The number of rotatable bonds is 10. The molecule has 2 unspecified atom stereocenters. The fraction of sp³-hybridized carbons (Fsp3) is 0.667. The van der Waals surface area contributed by atoms with E-state index in [-0.39, 0.29) is 0 Å². The van der Waals surface area contributed by atoms with Gasteiger partial charge in [0.2, 0.25) is 0 Å². The summed E-state index contributed by atoms with van der Waals surface area (Å²) in [4.78, 5) is 1.43. The molecule has 0 aliphatic rings. The Morgan fingerprint density at radius 1 is 1.20 bits per heavy atom. The van der Waals surface area contributed by atoms with Crippen LogP contribution in [0.2, 0.25) is 0 Å². The van der Waals surface area contributed by atoms with Gasteiger partial charge in [-0.1, -0.05) is 57.7 Å². The molecule has 0 aromatic heterocycles. The molecule has 0 amide bonds. The second kappa shape index (κ2) is 10.3. The van der Waals surface area contributed by atoms with Crippen molar-refractivity contribution in [1.82, 2.24) is 5.32 Å². The van der Waals surface area contributed by atoms with E-state index in [0.717, 1.165) is 5.92 Å². The fourth-order valence-corrected chi connectivity index (χ4v) is 3.72. The van der Waals surface area contributed by atoms with E-state index in [1.165, 1.54) is 48.3 Å². The first kappa shape index (κ1) is 17.6. The third kappa shape index (κ3) is 6.32. The van der Waals surface area contributed by atoms with Gasteiger partial charge >= 0.3 is 0 Å². The lowest BCUT2D eigenvalue weighted by atomic mass is 9.93. The molecule has 1 aromatic rings. The van der Waals surface area contributed by atoms with Gasteiger partial charge in [-0.3, -0.25) is 0 Å². The molecule has 0 fully saturated rings. The molecule has 0 saturated heterocycles. The lowest BCUT2D eigenvalue weighted by molar-refractivity contribution is 0.375. The van der Waals surface area contributed by atoms with Crippen molar-refractivity contribution >= 4 is 11.8 Å². The minimum Gasteiger partial charge on any atom is -0.316 e. The number of hydrogen-bond donors (Lipinski definition) is 1. The second-order valence-electron chi connectivity index (χ2n) is 5.71. The Balaban J connectivity index is 2.44. The van der Waals surface area contributed by atoms with Crippen LogP contribution >= 0.6 is 11.8 Å². The first-order valence-electron chi connectivity index (χ1n) is 8.06. The van der Waals surface area contributed by atoms with Gasteiger partial charge in [-0.2, -0.15) is 0 Å². The summed E-state index contributed by atoms with van der Waals surface area (Å²) in [6.45, 7) is 6.82. The standard InChI is InChI=1S/C18H31NS/c1-5-7-11-16(6-2)13-17(19-4)14-20-18-12-9-8-10-15(18)3/h8-10,12,16-17,19H,5-7,11,13-14H2,1-4H3. The largest absolute Gasteiger partial charge is 0.316 e. The van der Waals surface area contributed by atoms with Crippen molar-refractivity contribution in [2.75, 3.05) is 12.8 Å². The summed E-state index contributed by atoms with van der Waals surface area (Å²) in [5, 5.41) is 3.51. The van der Waals surface area contributed by atoms with E-state index in [1.54, 1.807) is 0 Å². The van der Waals surface area contributed by atoms with Crippen molar-refractivity contribution in [1.29, 1.82) is 0 Å². The molecule has 2 atom stereocenters. The fourth-order valence-electron chi connectivity index (χ4n) is 2.56. The molecule has 0 heterocycles. The molecule has 1 aromatic carbocycles. The number of nitrogens with one attached hydrogen (secondary N) is 1. The van der Waals surface area contributed by atoms with Gasteiger partial charge in [-0.05, 0) is 37.9 Å². The highest BCUT2D eigenvalue weighted by atomic mass is 32.2. The van der Waals surface area contributed by atoms with E-state index in [0.29, 0.717) is 6.04 Å². The SMILES string of the molecule is CCCCC(CC)CC(CSc1ccccc1C)NC. The van der Waals surface area contributed by atoms with Crippen LogP contribution in [-0.2, 0) is 0 Å². The molecule has 1 N–H and O–H groups in total. The third-order valence-electron chi connectivity index (χ3n) is 4.10. The Morgan fingerprint density at radius 3 is 2.55 bits per heavy atom. The molecule has 0 saturated carbocycles. The molecule has 114 valence electrons. The summed E-state index contributed by atoms with van der Waals surface area (Å²) in [6, 6.07) is 9.32. The Labute approximate surface area is 129 Å². The van der Waals surface area contributed by atoms with Crippen molar-refractivity contribution in [3.63, 3.8) is 0 Å². The van der Waals surface area contributed by atoms with Crippen molar-refractivity contribution in [3.05, 3.63) is 29.8 Å². The molecule has 0 bridgehead atoms. The molecule has 1 rings (SSSR count). The van der Waals surface area contributed by atoms with E-state index in [2.05, 4.69) is 57.4 Å².